The third-order valence-electron chi connectivity index (χ3n) is 3.01. The summed E-state index contributed by atoms with van der Waals surface area (Å²) in [5.74, 6) is 0.996. The minimum atomic E-state index is -4.64. The van der Waals surface area contributed by atoms with Crippen molar-refractivity contribution in [3.8, 4) is 5.75 Å². The van der Waals surface area contributed by atoms with Crippen molar-refractivity contribution in [2.75, 3.05) is 6.61 Å². The standard InChI is InChI=1S/C16H26O.H3O4P/c1-2-3-4-5-6-7-8-12-15-17-16-13-10-9-11-14-16;1-5(2,3)4/h9-11,13-14H,2-8,12,15H2,1H3;(H3,1,2,3,4). The number of unbranched alkanes of at least 4 members (excludes halogenated alkanes) is 7. The Bertz CT molecular complexity index is 383. The van der Waals surface area contributed by atoms with Gasteiger partial charge < -0.3 is 19.4 Å². The van der Waals surface area contributed by atoms with E-state index in [0.29, 0.717) is 0 Å². The van der Waals surface area contributed by atoms with E-state index < -0.39 is 7.82 Å². The van der Waals surface area contributed by atoms with E-state index in [1.165, 1.54) is 51.4 Å². The second-order valence-corrected chi connectivity index (χ2v) is 6.18. The van der Waals surface area contributed by atoms with Crippen LogP contribution in [-0.4, -0.2) is 21.3 Å². The molecule has 1 rings (SSSR count). The molecule has 0 unspecified atom stereocenters. The van der Waals surface area contributed by atoms with Crippen LogP contribution in [0.1, 0.15) is 58.3 Å². The molecule has 0 aromatic heterocycles. The highest BCUT2D eigenvalue weighted by molar-refractivity contribution is 7.45. The Morgan fingerprint density at radius 3 is 1.82 bits per heavy atom. The van der Waals surface area contributed by atoms with Crippen molar-refractivity contribution in [3.05, 3.63) is 30.3 Å². The summed E-state index contributed by atoms with van der Waals surface area (Å²) in [7, 11) is -4.64. The summed E-state index contributed by atoms with van der Waals surface area (Å²) >= 11 is 0. The molecule has 0 atom stereocenters. The molecule has 0 aliphatic carbocycles. The maximum absolute atomic E-state index is 8.88. The normalized spacial score (nSPS) is 10.7. The molecule has 0 bridgehead atoms. The molecule has 0 fully saturated rings. The van der Waals surface area contributed by atoms with Gasteiger partial charge in [-0.1, -0.05) is 70.1 Å². The summed E-state index contributed by atoms with van der Waals surface area (Å²) in [5, 5.41) is 0. The van der Waals surface area contributed by atoms with Crippen LogP contribution in [0.4, 0.5) is 0 Å². The van der Waals surface area contributed by atoms with Crippen molar-refractivity contribution in [2.45, 2.75) is 58.3 Å². The van der Waals surface area contributed by atoms with Crippen LogP contribution in [0, 0.1) is 0 Å². The smallest absolute Gasteiger partial charge is 0.466 e. The van der Waals surface area contributed by atoms with E-state index in [1.807, 2.05) is 30.3 Å². The average molecular weight is 332 g/mol. The number of para-hydroxylation sites is 1. The maximum atomic E-state index is 8.88. The van der Waals surface area contributed by atoms with E-state index in [2.05, 4.69) is 6.92 Å². The van der Waals surface area contributed by atoms with Gasteiger partial charge in [-0.25, -0.2) is 4.57 Å². The second kappa shape index (κ2) is 13.8. The van der Waals surface area contributed by atoms with E-state index in [0.717, 1.165) is 12.4 Å². The van der Waals surface area contributed by atoms with Crippen LogP contribution in [-0.2, 0) is 4.57 Å². The summed E-state index contributed by atoms with van der Waals surface area (Å²) in [6.07, 6.45) is 10.8. The Kier molecular flexibility index (Phi) is 13.2. The number of benzene rings is 1. The van der Waals surface area contributed by atoms with Gasteiger partial charge >= 0.3 is 7.82 Å². The largest absolute Gasteiger partial charge is 0.494 e. The molecule has 128 valence electrons. The summed E-state index contributed by atoms with van der Waals surface area (Å²) in [4.78, 5) is 21.6. The van der Waals surface area contributed by atoms with E-state index in [1.54, 1.807) is 0 Å². The van der Waals surface area contributed by atoms with Crippen molar-refractivity contribution in [3.63, 3.8) is 0 Å². The SMILES string of the molecule is CCCCCCCCCCOc1ccccc1.O=P(O)(O)O. The third kappa shape index (κ3) is 19.1. The fraction of sp³-hybridized carbons (Fsp3) is 0.625. The molecule has 0 heterocycles. The molecule has 0 amide bonds. The highest BCUT2D eigenvalue weighted by Gasteiger charge is 2.00. The number of hydrogen-bond acceptors (Lipinski definition) is 2. The number of ether oxygens (including phenoxy) is 1. The Morgan fingerprint density at radius 2 is 1.32 bits per heavy atom. The molecular formula is C16H29O5P. The first-order valence-electron chi connectivity index (χ1n) is 7.89. The van der Waals surface area contributed by atoms with Gasteiger partial charge in [0.1, 0.15) is 5.75 Å². The molecular weight excluding hydrogens is 303 g/mol. The van der Waals surface area contributed by atoms with Gasteiger partial charge in [-0.3, -0.25) is 0 Å². The van der Waals surface area contributed by atoms with Crippen LogP contribution in [0.5, 0.6) is 5.75 Å². The van der Waals surface area contributed by atoms with Gasteiger partial charge in [-0.05, 0) is 18.6 Å². The molecule has 6 heteroatoms. The first kappa shape index (κ1) is 21.1. The summed E-state index contributed by atoms with van der Waals surface area (Å²) in [5.41, 5.74) is 0. The monoisotopic (exact) mass is 332 g/mol. The van der Waals surface area contributed by atoms with Crippen molar-refractivity contribution in [2.24, 2.45) is 0 Å². The Morgan fingerprint density at radius 1 is 0.864 bits per heavy atom. The Balaban J connectivity index is 0.000000763. The Labute approximate surface area is 133 Å². The molecule has 1 aromatic carbocycles. The fourth-order valence-corrected chi connectivity index (χ4v) is 1.94. The van der Waals surface area contributed by atoms with Gasteiger partial charge in [0, 0.05) is 0 Å². The van der Waals surface area contributed by atoms with Crippen molar-refractivity contribution >= 4 is 7.82 Å². The minimum Gasteiger partial charge on any atom is -0.494 e. The molecule has 0 saturated carbocycles. The quantitative estimate of drug-likeness (QED) is 0.440. The number of hydrogen-bond donors (Lipinski definition) is 3. The third-order valence-corrected chi connectivity index (χ3v) is 3.01. The van der Waals surface area contributed by atoms with Gasteiger partial charge in [0.15, 0.2) is 0 Å². The van der Waals surface area contributed by atoms with Gasteiger partial charge in [-0.15, -0.1) is 0 Å². The van der Waals surface area contributed by atoms with E-state index in [4.69, 9.17) is 24.0 Å². The second-order valence-electron chi connectivity index (χ2n) is 5.15. The van der Waals surface area contributed by atoms with E-state index in [-0.39, 0.29) is 0 Å². The predicted molar refractivity (Wildman–Crippen MR) is 88.8 cm³/mol. The van der Waals surface area contributed by atoms with Crippen molar-refractivity contribution < 1.29 is 24.0 Å². The lowest BCUT2D eigenvalue weighted by atomic mass is 10.1. The highest BCUT2D eigenvalue weighted by Crippen LogP contribution is 2.25. The summed E-state index contributed by atoms with van der Waals surface area (Å²) < 4.78 is 14.5. The van der Waals surface area contributed by atoms with Crippen LogP contribution in [0.15, 0.2) is 30.3 Å². The summed E-state index contributed by atoms with van der Waals surface area (Å²) in [6.45, 7) is 3.12. The fourth-order valence-electron chi connectivity index (χ4n) is 1.94. The zero-order valence-corrected chi connectivity index (χ0v) is 14.3. The molecule has 0 saturated heterocycles. The zero-order valence-electron chi connectivity index (χ0n) is 13.4. The minimum absolute atomic E-state index is 0.860. The topological polar surface area (TPSA) is 87.0 Å². The lowest BCUT2D eigenvalue weighted by Crippen LogP contribution is -1.96. The Hall–Kier alpha value is -0.870. The van der Waals surface area contributed by atoms with E-state index in [9.17, 15) is 0 Å². The van der Waals surface area contributed by atoms with Gasteiger partial charge in [-0.2, -0.15) is 0 Å². The number of phosphoric acid groups is 1. The lowest BCUT2D eigenvalue weighted by molar-refractivity contribution is 0.275. The molecule has 5 nitrogen and oxygen atoms in total. The van der Waals surface area contributed by atoms with Gasteiger partial charge in [0.05, 0.1) is 6.61 Å². The predicted octanol–water partition coefficient (Wildman–Crippen LogP) is 4.28. The molecule has 3 N–H and O–H groups in total. The molecule has 0 aliphatic rings. The first-order chi connectivity index (χ1) is 10.4. The average Bonchev–Trinajstić information content (AvgIpc) is 2.45. The van der Waals surface area contributed by atoms with Gasteiger partial charge in [0.2, 0.25) is 0 Å². The summed E-state index contributed by atoms with van der Waals surface area (Å²) in [6, 6.07) is 10.1. The van der Waals surface area contributed by atoms with E-state index >= 15 is 0 Å². The van der Waals surface area contributed by atoms with Crippen LogP contribution < -0.4 is 4.74 Å². The lowest BCUT2D eigenvalue weighted by Gasteiger charge is -2.05. The molecule has 1 aromatic rings. The number of rotatable bonds is 10. The van der Waals surface area contributed by atoms with Crippen LogP contribution in [0.25, 0.3) is 0 Å². The van der Waals surface area contributed by atoms with Crippen LogP contribution in [0.3, 0.4) is 0 Å². The molecule has 0 aliphatic heterocycles. The molecule has 0 spiro atoms. The maximum Gasteiger partial charge on any atom is 0.466 e. The first-order valence-corrected chi connectivity index (χ1v) is 9.46. The molecule has 22 heavy (non-hydrogen) atoms. The van der Waals surface area contributed by atoms with Crippen LogP contribution in [0.2, 0.25) is 0 Å². The molecule has 0 radical (unpaired) electrons. The van der Waals surface area contributed by atoms with Crippen molar-refractivity contribution in [1.29, 1.82) is 0 Å². The van der Waals surface area contributed by atoms with Gasteiger partial charge in [0.25, 0.3) is 0 Å². The zero-order chi connectivity index (χ0) is 16.7. The van der Waals surface area contributed by atoms with Crippen LogP contribution >= 0.6 is 7.82 Å². The highest BCUT2D eigenvalue weighted by atomic mass is 31.2. The van der Waals surface area contributed by atoms with Crippen molar-refractivity contribution in [1.82, 2.24) is 0 Å².